The Morgan fingerprint density at radius 2 is 1.93 bits per heavy atom. The molecule has 0 N–H and O–H groups in total. The first-order valence-corrected chi connectivity index (χ1v) is 4.30. The van der Waals surface area contributed by atoms with Crippen molar-refractivity contribution in [1.82, 2.24) is 4.98 Å². The number of pyridine rings is 1. The van der Waals surface area contributed by atoms with Gasteiger partial charge in [-0.3, -0.25) is 4.98 Å². The molecule has 14 heavy (non-hydrogen) atoms. The van der Waals surface area contributed by atoms with Gasteiger partial charge in [0.15, 0.2) is 0 Å². The summed E-state index contributed by atoms with van der Waals surface area (Å²) in [6.45, 7) is 3.15. The van der Waals surface area contributed by atoms with Gasteiger partial charge in [-0.25, -0.2) is 0 Å². The summed E-state index contributed by atoms with van der Waals surface area (Å²) in [5.74, 6) is 0.104. The summed E-state index contributed by atoms with van der Waals surface area (Å²) < 4.78 is 28.1. The van der Waals surface area contributed by atoms with Crippen LogP contribution in [0.4, 0.5) is 8.78 Å². The van der Waals surface area contributed by atoms with Crippen LogP contribution in [0.1, 0.15) is 26.3 Å². The number of rotatable bonds is 2. The van der Waals surface area contributed by atoms with E-state index in [-0.39, 0.29) is 11.2 Å². The molecule has 0 aromatic carbocycles. The van der Waals surface area contributed by atoms with E-state index in [4.69, 9.17) is 0 Å². The highest BCUT2D eigenvalue weighted by molar-refractivity contribution is 5.28. The summed E-state index contributed by atoms with van der Waals surface area (Å²) in [5.41, 5.74) is 0.754. The third-order valence-corrected chi connectivity index (χ3v) is 1.80. The fraction of sp³-hybridized carbons (Fsp3) is 0.500. The van der Waals surface area contributed by atoms with Crippen LogP contribution in [0.25, 0.3) is 0 Å². The highest BCUT2D eigenvalue weighted by Gasteiger charge is 2.15. The second kappa shape index (κ2) is 3.90. The van der Waals surface area contributed by atoms with E-state index in [9.17, 15) is 8.78 Å². The Morgan fingerprint density at radius 3 is 2.43 bits per heavy atom. The molecule has 0 aliphatic heterocycles. The minimum atomic E-state index is -2.80. The van der Waals surface area contributed by atoms with Gasteiger partial charge in [-0.05, 0) is 17.0 Å². The fourth-order valence-electron chi connectivity index (χ4n) is 0.996. The van der Waals surface area contributed by atoms with Crippen LogP contribution in [-0.4, -0.2) is 11.6 Å². The molecule has 0 atom stereocenters. The molecule has 0 bridgehead atoms. The Labute approximate surface area is 81.9 Å². The van der Waals surface area contributed by atoms with E-state index >= 15 is 0 Å². The van der Waals surface area contributed by atoms with Crippen LogP contribution in [0.2, 0.25) is 0 Å². The molecule has 1 aromatic rings. The lowest BCUT2D eigenvalue weighted by molar-refractivity contribution is -0.0501. The van der Waals surface area contributed by atoms with Crippen molar-refractivity contribution in [2.75, 3.05) is 0 Å². The van der Waals surface area contributed by atoms with Gasteiger partial charge >= 0.3 is 6.61 Å². The minimum absolute atomic E-state index is 0.104. The quantitative estimate of drug-likeness (QED) is 0.733. The number of alkyl halides is 2. The van der Waals surface area contributed by atoms with Gasteiger partial charge in [-0.1, -0.05) is 20.8 Å². The summed E-state index contributed by atoms with van der Waals surface area (Å²) >= 11 is 0. The third-order valence-electron chi connectivity index (χ3n) is 1.80. The van der Waals surface area contributed by atoms with Gasteiger partial charge in [0.05, 0.1) is 6.20 Å². The Balaban J connectivity index is 2.90. The van der Waals surface area contributed by atoms with Gasteiger partial charge < -0.3 is 4.74 Å². The molecule has 0 fully saturated rings. The van der Waals surface area contributed by atoms with Crippen molar-refractivity contribution in [3.63, 3.8) is 0 Å². The van der Waals surface area contributed by atoms with Crippen LogP contribution in [0.5, 0.6) is 5.75 Å². The van der Waals surface area contributed by atoms with E-state index in [1.807, 2.05) is 20.8 Å². The summed E-state index contributed by atoms with van der Waals surface area (Å²) in [6, 6.07) is 1.58. The van der Waals surface area contributed by atoms with Crippen LogP contribution in [0, 0.1) is 0 Å². The van der Waals surface area contributed by atoms with E-state index in [0.29, 0.717) is 0 Å². The van der Waals surface area contributed by atoms with Crippen LogP contribution in [0.3, 0.4) is 0 Å². The predicted octanol–water partition coefficient (Wildman–Crippen LogP) is 2.98. The van der Waals surface area contributed by atoms with Gasteiger partial charge in [0, 0.05) is 6.20 Å². The maximum atomic E-state index is 11.9. The van der Waals surface area contributed by atoms with Gasteiger partial charge in [-0.15, -0.1) is 0 Å². The average Bonchev–Trinajstić information content (AvgIpc) is 2.01. The normalized spacial score (nSPS) is 11.9. The lowest BCUT2D eigenvalue weighted by Crippen LogP contribution is -2.12. The Bertz CT molecular complexity index is 307. The lowest BCUT2D eigenvalue weighted by atomic mass is 9.88. The smallest absolute Gasteiger partial charge is 0.387 e. The lowest BCUT2D eigenvalue weighted by Gasteiger charge is -2.18. The maximum Gasteiger partial charge on any atom is 0.387 e. The van der Waals surface area contributed by atoms with Gasteiger partial charge in [0.25, 0.3) is 0 Å². The zero-order valence-electron chi connectivity index (χ0n) is 8.42. The van der Waals surface area contributed by atoms with Crippen molar-refractivity contribution in [2.45, 2.75) is 32.8 Å². The molecule has 78 valence electrons. The van der Waals surface area contributed by atoms with Crippen molar-refractivity contribution >= 4 is 0 Å². The van der Waals surface area contributed by atoms with E-state index < -0.39 is 6.61 Å². The van der Waals surface area contributed by atoms with Crippen molar-refractivity contribution in [3.8, 4) is 5.75 Å². The first kappa shape index (κ1) is 10.9. The Hall–Kier alpha value is -1.19. The van der Waals surface area contributed by atoms with Crippen LogP contribution >= 0.6 is 0 Å². The minimum Gasteiger partial charge on any atom is -0.433 e. The van der Waals surface area contributed by atoms with E-state index in [2.05, 4.69) is 9.72 Å². The maximum absolute atomic E-state index is 11.9. The number of ether oxygens (including phenoxy) is 1. The zero-order valence-corrected chi connectivity index (χ0v) is 8.42. The summed E-state index contributed by atoms with van der Waals surface area (Å²) in [7, 11) is 0. The fourth-order valence-corrected chi connectivity index (χ4v) is 0.996. The molecule has 0 spiro atoms. The average molecular weight is 201 g/mol. The van der Waals surface area contributed by atoms with E-state index in [0.717, 1.165) is 5.56 Å². The molecular formula is C10H13F2NO. The molecule has 0 saturated carbocycles. The zero-order chi connectivity index (χ0) is 10.8. The number of aromatic nitrogens is 1. The molecular weight excluding hydrogens is 188 g/mol. The third kappa shape index (κ3) is 2.94. The summed E-state index contributed by atoms with van der Waals surface area (Å²) in [4.78, 5) is 3.85. The highest BCUT2D eigenvalue weighted by Crippen LogP contribution is 2.24. The number of hydrogen-bond acceptors (Lipinski definition) is 2. The highest BCUT2D eigenvalue weighted by atomic mass is 19.3. The largest absolute Gasteiger partial charge is 0.433 e. The first-order valence-electron chi connectivity index (χ1n) is 4.30. The molecule has 0 radical (unpaired) electrons. The Kier molecular flexibility index (Phi) is 3.03. The van der Waals surface area contributed by atoms with E-state index in [1.165, 1.54) is 6.20 Å². The van der Waals surface area contributed by atoms with Gasteiger partial charge in [-0.2, -0.15) is 8.78 Å². The number of halogens is 2. The van der Waals surface area contributed by atoms with E-state index in [1.54, 1.807) is 12.3 Å². The molecule has 0 saturated heterocycles. The summed E-state index contributed by atoms with van der Waals surface area (Å²) in [6.07, 6.45) is 2.93. The van der Waals surface area contributed by atoms with Crippen LogP contribution in [-0.2, 0) is 5.41 Å². The van der Waals surface area contributed by atoms with Gasteiger partial charge in [0.2, 0.25) is 0 Å². The number of nitrogens with zero attached hydrogens (tertiary/aromatic N) is 1. The second-order valence-corrected chi connectivity index (χ2v) is 4.04. The van der Waals surface area contributed by atoms with Crippen LogP contribution in [0.15, 0.2) is 18.5 Å². The van der Waals surface area contributed by atoms with Crippen molar-refractivity contribution < 1.29 is 13.5 Å². The first-order chi connectivity index (χ1) is 6.39. The number of hydrogen-bond donors (Lipinski definition) is 0. The topological polar surface area (TPSA) is 22.1 Å². The Morgan fingerprint density at radius 1 is 1.29 bits per heavy atom. The standard InChI is InChI=1S/C10H13F2NO/c1-10(2,3)7-4-8(6-13-5-7)14-9(11)12/h4-6,9H,1-3H3. The van der Waals surface area contributed by atoms with Gasteiger partial charge in [0.1, 0.15) is 5.75 Å². The molecule has 0 aliphatic rings. The second-order valence-electron chi connectivity index (χ2n) is 4.04. The molecule has 4 heteroatoms. The summed E-state index contributed by atoms with van der Waals surface area (Å²) in [5, 5.41) is 0. The molecule has 1 aromatic heterocycles. The van der Waals surface area contributed by atoms with Crippen molar-refractivity contribution in [1.29, 1.82) is 0 Å². The SMILES string of the molecule is CC(C)(C)c1cncc(OC(F)F)c1. The van der Waals surface area contributed by atoms with Crippen LogP contribution < -0.4 is 4.74 Å². The predicted molar refractivity (Wildman–Crippen MR) is 49.6 cm³/mol. The molecule has 2 nitrogen and oxygen atoms in total. The molecule has 0 aliphatic carbocycles. The monoisotopic (exact) mass is 201 g/mol. The molecule has 0 unspecified atom stereocenters. The molecule has 0 amide bonds. The van der Waals surface area contributed by atoms with Crippen molar-refractivity contribution in [2.24, 2.45) is 0 Å². The van der Waals surface area contributed by atoms with Crippen molar-refractivity contribution in [3.05, 3.63) is 24.0 Å². The molecule has 1 rings (SSSR count). The molecule has 1 heterocycles.